The van der Waals surface area contributed by atoms with Crippen LogP contribution in [0, 0.1) is 36.0 Å². The van der Waals surface area contributed by atoms with Gasteiger partial charge in [-0.05, 0) is 91.6 Å². The van der Waals surface area contributed by atoms with E-state index in [0.717, 1.165) is 26.1 Å². The van der Waals surface area contributed by atoms with Crippen LogP contribution in [0.15, 0.2) is 84.4 Å². The zero-order valence-corrected chi connectivity index (χ0v) is 30.9. The number of phenols is 1. The maximum absolute atomic E-state index is 15.1. The average Bonchev–Trinajstić information content (AvgIpc) is 3.82. The molecule has 3 fully saturated rings. The Morgan fingerprint density at radius 1 is 0.943 bits per heavy atom. The van der Waals surface area contributed by atoms with Crippen molar-refractivity contribution in [3.8, 4) is 22.1 Å². The molecule has 2 saturated heterocycles. The number of para-hydroxylation sites is 1. The molecule has 0 bridgehead atoms. The largest absolute Gasteiger partial charge is 0.504 e. The first-order chi connectivity index (χ1) is 25.4. The third kappa shape index (κ3) is 4.66. The molecule has 10 nitrogen and oxygen atoms in total. The van der Waals surface area contributed by atoms with E-state index in [-0.39, 0.29) is 41.5 Å². The number of allylic oxidation sites excluding steroid dienone is 2. The van der Waals surface area contributed by atoms with Gasteiger partial charge in [0.25, 0.3) is 0 Å². The lowest BCUT2D eigenvalue weighted by Crippen LogP contribution is -2.48. The van der Waals surface area contributed by atoms with Crippen LogP contribution in [0.4, 0.5) is 11.5 Å². The molecule has 4 heterocycles. The van der Waals surface area contributed by atoms with Gasteiger partial charge in [-0.25, -0.2) is 4.90 Å². The molecule has 4 amide bonds. The van der Waals surface area contributed by atoms with Gasteiger partial charge in [0.1, 0.15) is 11.5 Å². The fourth-order valence-corrected chi connectivity index (χ4v) is 10.9. The molecular formula is C41H35ClN4O6S. The number of hydrogen-bond acceptors (Lipinski definition) is 8. The summed E-state index contributed by atoms with van der Waals surface area (Å²) in [5.41, 5.74) is 2.31. The number of anilines is 2. The Balaban J connectivity index is 1.16. The summed E-state index contributed by atoms with van der Waals surface area (Å²) in [5, 5.41) is 17.4. The van der Waals surface area contributed by atoms with Crippen LogP contribution in [0.2, 0.25) is 5.02 Å². The van der Waals surface area contributed by atoms with Gasteiger partial charge in [-0.2, -0.15) is 5.10 Å². The number of carbonyl (C=O) groups is 4. The highest BCUT2D eigenvalue weighted by molar-refractivity contribution is 7.22. The quantitative estimate of drug-likeness (QED) is 0.147. The maximum Gasteiger partial charge on any atom is 0.242 e. The average molecular weight is 747 g/mol. The van der Waals surface area contributed by atoms with E-state index in [1.807, 2.05) is 44.2 Å². The van der Waals surface area contributed by atoms with Gasteiger partial charge >= 0.3 is 0 Å². The minimum absolute atomic E-state index is 0.103. The zero-order chi connectivity index (χ0) is 37.1. The molecule has 1 saturated carbocycles. The molecule has 5 aromatic rings. The number of carbonyl (C=O) groups excluding carboxylic acids is 4. The van der Waals surface area contributed by atoms with Gasteiger partial charge in [-0.1, -0.05) is 47.5 Å². The van der Waals surface area contributed by atoms with Crippen molar-refractivity contribution < 1.29 is 29.0 Å². The minimum atomic E-state index is -1.28. The second-order valence-corrected chi connectivity index (χ2v) is 16.1. The van der Waals surface area contributed by atoms with Gasteiger partial charge in [0.05, 0.1) is 40.8 Å². The number of benzene rings is 3. The molecule has 53 heavy (non-hydrogen) atoms. The predicted molar refractivity (Wildman–Crippen MR) is 202 cm³/mol. The molecule has 6 atom stereocenters. The second kappa shape index (κ2) is 11.9. The number of aryl methyl sites for hydroxylation is 2. The number of halogens is 1. The standard InChI is InChI=1S/C41H35ClN4O6S/c1-20-26-17-22(42)11-15-32(26)53-36(20)29-19-33(44(3)43-29)46-38(49)28-18-27-24(35(41(28,2)40(46)51)21-10-14-31(52-4)30(47)16-21)12-13-25-34(27)39(50)45(37(25)48)23-8-6-5-7-9-23/h5-12,14-17,19,25,27-28,34-35,47H,13,18H2,1-4H3/t25-,27+,28-,34-,35-,41+/m0/s1. The predicted octanol–water partition coefficient (Wildman–Crippen LogP) is 7.41. The van der Waals surface area contributed by atoms with Crippen LogP contribution in [-0.4, -0.2) is 45.6 Å². The van der Waals surface area contributed by atoms with Crippen LogP contribution in [0.1, 0.15) is 36.8 Å². The Morgan fingerprint density at radius 3 is 2.45 bits per heavy atom. The molecule has 0 spiro atoms. The summed E-state index contributed by atoms with van der Waals surface area (Å²) >= 11 is 7.88. The first kappa shape index (κ1) is 33.6. The second-order valence-electron chi connectivity index (χ2n) is 14.6. The molecule has 2 aliphatic carbocycles. The lowest BCUT2D eigenvalue weighted by Gasteiger charge is -2.49. The highest BCUT2D eigenvalue weighted by atomic mass is 35.5. The topological polar surface area (TPSA) is 122 Å². The number of imide groups is 2. The number of nitrogens with zero attached hydrogens (tertiary/aromatic N) is 4. The number of phenolic OH excluding ortho intramolecular Hbond substituents is 1. The molecule has 0 unspecified atom stereocenters. The van der Waals surface area contributed by atoms with Crippen LogP contribution in [0.25, 0.3) is 20.7 Å². The van der Waals surface area contributed by atoms with Gasteiger partial charge in [-0.3, -0.25) is 28.8 Å². The maximum atomic E-state index is 15.1. The van der Waals surface area contributed by atoms with E-state index in [0.29, 0.717) is 34.2 Å². The summed E-state index contributed by atoms with van der Waals surface area (Å²) in [5.74, 6) is -4.10. The summed E-state index contributed by atoms with van der Waals surface area (Å²) < 4.78 is 7.96. The lowest BCUT2D eigenvalue weighted by atomic mass is 9.51. The Bertz CT molecular complexity index is 2450. The van der Waals surface area contributed by atoms with Crippen molar-refractivity contribution in [2.24, 2.45) is 36.1 Å². The molecule has 0 radical (unpaired) electrons. The Labute approximate surface area is 314 Å². The monoisotopic (exact) mass is 746 g/mol. The SMILES string of the molecule is COc1ccc([C@H]2C3=CC[C@@H]4C(=O)N(c5ccccc5)C(=O)[C@@H]4[C@@H]3C[C@H]3C(=O)N(c4cc(-c5sc6ccc(Cl)cc6c5C)nn4C)C(=O)[C@@]23C)cc1O. The van der Waals surface area contributed by atoms with Crippen molar-refractivity contribution in [3.05, 3.63) is 101 Å². The third-order valence-electron chi connectivity index (χ3n) is 12.0. The van der Waals surface area contributed by atoms with E-state index in [4.69, 9.17) is 21.4 Å². The Kier molecular flexibility index (Phi) is 7.52. The summed E-state index contributed by atoms with van der Waals surface area (Å²) in [7, 11) is 3.18. The smallest absolute Gasteiger partial charge is 0.242 e. The Morgan fingerprint density at radius 2 is 1.72 bits per heavy atom. The van der Waals surface area contributed by atoms with Crippen LogP contribution in [0.3, 0.4) is 0 Å². The van der Waals surface area contributed by atoms with Gasteiger partial charge in [0.2, 0.25) is 23.6 Å². The highest BCUT2D eigenvalue weighted by Gasteiger charge is 2.68. The third-order valence-corrected chi connectivity index (χ3v) is 13.6. The van der Waals surface area contributed by atoms with E-state index in [9.17, 15) is 19.5 Å². The van der Waals surface area contributed by atoms with Crippen molar-refractivity contribution in [2.75, 3.05) is 16.9 Å². The number of rotatable bonds is 5. The summed E-state index contributed by atoms with van der Waals surface area (Å²) in [6.45, 7) is 3.83. The van der Waals surface area contributed by atoms with E-state index < -0.39 is 35.0 Å². The molecule has 4 aliphatic rings. The number of methoxy groups -OCH3 is 1. The van der Waals surface area contributed by atoms with Crippen LogP contribution >= 0.6 is 22.9 Å². The van der Waals surface area contributed by atoms with Crippen molar-refractivity contribution in [2.45, 2.75) is 32.6 Å². The van der Waals surface area contributed by atoms with Gasteiger partial charge < -0.3 is 9.84 Å². The summed E-state index contributed by atoms with van der Waals surface area (Å²) in [4.78, 5) is 61.6. The molecule has 1 N–H and O–H groups in total. The van der Waals surface area contributed by atoms with E-state index >= 15 is 4.79 Å². The molecule has 12 heteroatoms. The van der Waals surface area contributed by atoms with Crippen LogP contribution < -0.4 is 14.5 Å². The normalized spacial score (nSPS) is 26.6. The number of aromatic nitrogens is 2. The van der Waals surface area contributed by atoms with Gasteiger partial charge in [0.15, 0.2) is 11.5 Å². The lowest BCUT2D eigenvalue weighted by molar-refractivity contribution is -0.131. The molecule has 9 rings (SSSR count). The number of fused-ring (bicyclic) bond motifs is 5. The molecular weight excluding hydrogens is 712 g/mol. The first-order valence-electron chi connectivity index (χ1n) is 17.5. The number of hydrogen-bond donors (Lipinski definition) is 1. The number of thiophene rings is 1. The summed E-state index contributed by atoms with van der Waals surface area (Å²) in [6, 6.07) is 21.5. The highest BCUT2D eigenvalue weighted by Crippen LogP contribution is 2.64. The van der Waals surface area contributed by atoms with E-state index in [1.165, 1.54) is 16.9 Å². The van der Waals surface area contributed by atoms with E-state index in [2.05, 4.69) is 0 Å². The molecule has 3 aromatic carbocycles. The van der Waals surface area contributed by atoms with Gasteiger partial charge in [0, 0.05) is 28.8 Å². The van der Waals surface area contributed by atoms with Crippen LogP contribution in [0.5, 0.6) is 11.5 Å². The number of amides is 4. The van der Waals surface area contributed by atoms with Crippen molar-refractivity contribution >= 4 is 68.2 Å². The first-order valence-corrected chi connectivity index (χ1v) is 18.7. The zero-order valence-electron chi connectivity index (χ0n) is 29.4. The fourth-order valence-electron chi connectivity index (χ4n) is 9.55. The summed E-state index contributed by atoms with van der Waals surface area (Å²) in [6.07, 6.45) is 2.53. The van der Waals surface area contributed by atoms with Gasteiger partial charge in [-0.15, -0.1) is 11.3 Å². The fraction of sp³-hybridized carbons (Fsp3) is 0.293. The number of ether oxygens (including phenoxy) is 1. The van der Waals surface area contributed by atoms with Crippen molar-refractivity contribution in [1.29, 1.82) is 0 Å². The molecule has 2 aromatic heterocycles. The number of aromatic hydroxyl groups is 1. The Hall–Kier alpha value is -5.26. The molecule has 2 aliphatic heterocycles. The van der Waals surface area contributed by atoms with Crippen molar-refractivity contribution in [1.82, 2.24) is 9.78 Å². The van der Waals surface area contributed by atoms with E-state index in [1.54, 1.807) is 71.6 Å². The molecule has 268 valence electrons. The van der Waals surface area contributed by atoms with Crippen LogP contribution in [-0.2, 0) is 26.2 Å². The van der Waals surface area contributed by atoms with Crippen molar-refractivity contribution in [3.63, 3.8) is 0 Å². The minimum Gasteiger partial charge on any atom is -0.504 e.